The lowest BCUT2D eigenvalue weighted by atomic mass is 10.0. The minimum atomic E-state index is -0.759. The van der Waals surface area contributed by atoms with Gasteiger partial charge in [-0.25, -0.2) is 0 Å². The van der Waals surface area contributed by atoms with Gasteiger partial charge in [0, 0.05) is 43.6 Å². The first-order valence-corrected chi connectivity index (χ1v) is 11.4. The van der Waals surface area contributed by atoms with Gasteiger partial charge in [0.25, 0.3) is 5.91 Å². The van der Waals surface area contributed by atoms with Crippen LogP contribution in [0.1, 0.15) is 41.3 Å². The molecule has 0 saturated carbocycles. The maximum absolute atomic E-state index is 13.1. The molecule has 3 amide bonds. The highest BCUT2D eigenvalue weighted by Gasteiger charge is 2.28. The maximum atomic E-state index is 13.1. The van der Waals surface area contributed by atoms with Gasteiger partial charge in [0.15, 0.2) is 0 Å². The molecule has 1 aliphatic heterocycles. The van der Waals surface area contributed by atoms with Crippen LogP contribution >= 0.6 is 0 Å². The van der Waals surface area contributed by atoms with Crippen LogP contribution in [0.5, 0.6) is 11.5 Å². The van der Waals surface area contributed by atoms with E-state index >= 15 is 0 Å². The summed E-state index contributed by atoms with van der Waals surface area (Å²) in [7, 11) is 3.13. The molecule has 34 heavy (non-hydrogen) atoms. The van der Waals surface area contributed by atoms with Crippen LogP contribution in [0.4, 0.5) is 0 Å². The van der Waals surface area contributed by atoms with Crippen LogP contribution in [0, 0.1) is 6.92 Å². The number of carbonyl (C=O) groups is 3. The largest absolute Gasteiger partial charge is 0.497 e. The monoisotopic (exact) mass is 467 g/mol. The molecular formula is C26H33N3O5. The second-order valence-electron chi connectivity index (χ2n) is 8.58. The van der Waals surface area contributed by atoms with E-state index in [0.29, 0.717) is 43.0 Å². The Kier molecular flexibility index (Phi) is 8.51. The van der Waals surface area contributed by atoms with Gasteiger partial charge in [0.1, 0.15) is 17.5 Å². The molecule has 0 spiro atoms. The maximum Gasteiger partial charge on any atom is 0.253 e. The van der Waals surface area contributed by atoms with Gasteiger partial charge in [-0.3, -0.25) is 14.4 Å². The predicted molar refractivity (Wildman–Crippen MR) is 129 cm³/mol. The second-order valence-corrected chi connectivity index (χ2v) is 8.58. The molecular weight excluding hydrogens is 434 g/mol. The first kappa shape index (κ1) is 25.1. The topological polar surface area (TPSA) is 97.0 Å². The Morgan fingerprint density at radius 3 is 2.29 bits per heavy atom. The highest BCUT2D eigenvalue weighted by molar-refractivity contribution is 5.94. The molecule has 0 bridgehead atoms. The molecule has 8 heteroatoms. The number of nitrogens with zero attached hydrogens (tertiary/aromatic N) is 1. The van der Waals surface area contributed by atoms with Gasteiger partial charge in [0.2, 0.25) is 11.8 Å². The molecule has 1 heterocycles. The average molecular weight is 468 g/mol. The molecule has 1 atom stereocenters. The summed E-state index contributed by atoms with van der Waals surface area (Å²) in [5, 5.41) is 5.80. The number of hydrogen-bond donors (Lipinski definition) is 2. The lowest BCUT2D eigenvalue weighted by molar-refractivity contribution is -0.128. The van der Waals surface area contributed by atoms with Crippen LogP contribution in [0.3, 0.4) is 0 Å². The number of amides is 3. The van der Waals surface area contributed by atoms with Gasteiger partial charge < -0.3 is 25.0 Å². The van der Waals surface area contributed by atoms with Crippen LogP contribution in [-0.2, 0) is 16.0 Å². The summed E-state index contributed by atoms with van der Waals surface area (Å²) in [5.74, 6) is 0.713. The van der Waals surface area contributed by atoms with Gasteiger partial charge >= 0.3 is 0 Å². The van der Waals surface area contributed by atoms with Crippen LogP contribution in [0.15, 0.2) is 42.5 Å². The quantitative estimate of drug-likeness (QED) is 0.622. The molecule has 1 fully saturated rings. The van der Waals surface area contributed by atoms with E-state index in [2.05, 4.69) is 10.6 Å². The van der Waals surface area contributed by atoms with E-state index in [1.54, 1.807) is 32.4 Å². The Labute approximate surface area is 200 Å². The normalized spacial score (nSPS) is 14.8. The fourth-order valence-electron chi connectivity index (χ4n) is 4.12. The van der Waals surface area contributed by atoms with Crippen molar-refractivity contribution in [3.05, 3.63) is 59.2 Å². The zero-order chi connectivity index (χ0) is 24.7. The van der Waals surface area contributed by atoms with Gasteiger partial charge in [-0.1, -0.05) is 17.7 Å². The molecule has 1 aliphatic rings. The number of nitrogens with one attached hydrogen (secondary N) is 2. The summed E-state index contributed by atoms with van der Waals surface area (Å²) in [6.07, 6.45) is 1.56. The molecule has 8 nitrogen and oxygen atoms in total. The Morgan fingerprint density at radius 1 is 1.03 bits per heavy atom. The highest BCUT2D eigenvalue weighted by atomic mass is 16.5. The molecule has 2 aromatic carbocycles. The van der Waals surface area contributed by atoms with E-state index < -0.39 is 6.04 Å². The number of hydrogen-bond acceptors (Lipinski definition) is 5. The zero-order valence-corrected chi connectivity index (χ0v) is 20.2. The first-order valence-electron chi connectivity index (χ1n) is 11.4. The fourth-order valence-corrected chi connectivity index (χ4v) is 4.12. The summed E-state index contributed by atoms with van der Waals surface area (Å²) in [6.45, 7) is 4.50. The van der Waals surface area contributed by atoms with Crippen molar-refractivity contribution in [1.29, 1.82) is 0 Å². The van der Waals surface area contributed by atoms with Crippen LogP contribution in [0.2, 0.25) is 0 Å². The van der Waals surface area contributed by atoms with Crippen molar-refractivity contribution in [2.45, 2.75) is 45.2 Å². The Morgan fingerprint density at radius 2 is 1.71 bits per heavy atom. The van der Waals surface area contributed by atoms with Gasteiger partial charge in [-0.05, 0) is 50.1 Å². The lowest BCUT2D eigenvalue weighted by Crippen LogP contribution is -2.53. The second kappa shape index (κ2) is 11.5. The van der Waals surface area contributed by atoms with Gasteiger partial charge in [0.05, 0.1) is 14.2 Å². The van der Waals surface area contributed by atoms with Gasteiger partial charge in [-0.15, -0.1) is 0 Å². The molecule has 0 aliphatic carbocycles. The summed E-state index contributed by atoms with van der Waals surface area (Å²) in [4.78, 5) is 39.5. The molecule has 0 aromatic heterocycles. The minimum Gasteiger partial charge on any atom is -0.497 e. The third-order valence-corrected chi connectivity index (χ3v) is 6.03. The Hall–Kier alpha value is -3.55. The van der Waals surface area contributed by atoms with Crippen molar-refractivity contribution in [3.8, 4) is 11.5 Å². The van der Waals surface area contributed by atoms with Crippen molar-refractivity contribution >= 4 is 17.7 Å². The van der Waals surface area contributed by atoms with Crippen LogP contribution in [0.25, 0.3) is 0 Å². The summed E-state index contributed by atoms with van der Waals surface area (Å²) in [5.41, 5.74) is 2.54. The molecule has 2 aromatic rings. The summed E-state index contributed by atoms with van der Waals surface area (Å²) < 4.78 is 10.7. The van der Waals surface area contributed by atoms with Crippen molar-refractivity contribution in [3.63, 3.8) is 0 Å². The zero-order valence-electron chi connectivity index (χ0n) is 20.2. The van der Waals surface area contributed by atoms with Crippen LogP contribution in [-0.4, -0.2) is 62.0 Å². The number of carbonyl (C=O) groups excluding carboxylic acids is 3. The molecule has 0 radical (unpaired) electrons. The van der Waals surface area contributed by atoms with E-state index in [9.17, 15) is 14.4 Å². The number of aryl methyl sites for hydroxylation is 1. The third-order valence-electron chi connectivity index (χ3n) is 6.03. The molecule has 0 unspecified atom stereocenters. The number of piperidine rings is 1. The van der Waals surface area contributed by atoms with E-state index in [0.717, 1.165) is 11.1 Å². The van der Waals surface area contributed by atoms with E-state index in [4.69, 9.17) is 9.47 Å². The smallest absolute Gasteiger partial charge is 0.253 e. The Balaban J connectivity index is 1.61. The number of benzene rings is 2. The lowest BCUT2D eigenvalue weighted by Gasteiger charge is -2.33. The number of rotatable bonds is 8. The molecule has 3 rings (SSSR count). The van der Waals surface area contributed by atoms with Crippen molar-refractivity contribution in [2.24, 2.45) is 0 Å². The standard InChI is InChI=1S/C26H33N3O5/c1-17-5-7-19(8-6-17)26(32)29-13-11-21(12-14-29)28-25(31)23(27-18(2)30)16-20-15-22(33-3)9-10-24(20)34-4/h5-10,15,21,23H,11-14,16H2,1-4H3,(H,27,30)(H,28,31)/t23-/m1/s1. The summed E-state index contributed by atoms with van der Waals surface area (Å²) >= 11 is 0. The van der Waals surface area contributed by atoms with E-state index in [-0.39, 0.29) is 30.2 Å². The van der Waals surface area contributed by atoms with E-state index in [1.165, 1.54) is 6.92 Å². The SMILES string of the molecule is COc1ccc(OC)c(C[C@@H](NC(C)=O)C(=O)NC2CCN(C(=O)c3ccc(C)cc3)CC2)c1. The molecule has 2 N–H and O–H groups in total. The van der Waals surface area contributed by atoms with Crippen molar-refractivity contribution in [1.82, 2.24) is 15.5 Å². The summed E-state index contributed by atoms with van der Waals surface area (Å²) in [6, 6.07) is 12.1. The third kappa shape index (κ3) is 6.50. The highest BCUT2D eigenvalue weighted by Crippen LogP contribution is 2.25. The Bertz CT molecular complexity index is 1010. The van der Waals surface area contributed by atoms with E-state index in [1.807, 2.05) is 36.1 Å². The predicted octanol–water partition coefficient (Wildman–Crippen LogP) is 2.48. The van der Waals surface area contributed by atoms with Gasteiger partial charge in [-0.2, -0.15) is 0 Å². The van der Waals surface area contributed by atoms with Crippen molar-refractivity contribution in [2.75, 3.05) is 27.3 Å². The average Bonchev–Trinajstić information content (AvgIpc) is 2.83. The number of methoxy groups -OCH3 is 2. The number of ether oxygens (including phenoxy) is 2. The first-order chi connectivity index (χ1) is 16.3. The van der Waals surface area contributed by atoms with Crippen molar-refractivity contribution < 1.29 is 23.9 Å². The molecule has 182 valence electrons. The van der Waals surface area contributed by atoms with Crippen LogP contribution < -0.4 is 20.1 Å². The number of likely N-dealkylation sites (tertiary alicyclic amines) is 1. The molecule has 1 saturated heterocycles. The fraction of sp³-hybridized carbons (Fsp3) is 0.423. The minimum absolute atomic E-state index is 0.00557.